The van der Waals surface area contributed by atoms with Crippen molar-refractivity contribution in [2.75, 3.05) is 20.2 Å². The molecule has 1 aliphatic carbocycles. The lowest BCUT2D eigenvalue weighted by Crippen LogP contribution is -2.50. The Bertz CT molecular complexity index is 1130. The molecule has 1 saturated heterocycles. The zero-order valence-corrected chi connectivity index (χ0v) is 21.9. The Morgan fingerprint density at radius 2 is 1.69 bits per heavy atom. The highest BCUT2D eigenvalue weighted by molar-refractivity contribution is 6.30. The van der Waals surface area contributed by atoms with Crippen LogP contribution in [0, 0.1) is 0 Å². The summed E-state index contributed by atoms with van der Waals surface area (Å²) in [7, 11) is 1.63. The molecule has 0 spiro atoms. The molecule has 1 unspecified atom stereocenters. The number of amides is 3. The lowest BCUT2D eigenvalue weighted by atomic mass is 9.82. The van der Waals surface area contributed by atoms with Crippen molar-refractivity contribution in [2.45, 2.75) is 70.2 Å². The number of ether oxygens (including phenoxy) is 2. The van der Waals surface area contributed by atoms with Gasteiger partial charge in [0.15, 0.2) is 11.5 Å². The van der Waals surface area contributed by atoms with Crippen LogP contribution >= 0.6 is 11.6 Å². The van der Waals surface area contributed by atoms with Gasteiger partial charge in [-0.3, -0.25) is 4.79 Å². The average molecular weight is 512 g/mol. The predicted octanol–water partition coefficient (Wildman–Crippen LogP) is 4.95. The van der Waals surface area contributed by atoms with Crippen LogP contribution < -0.4 is 14.8 Å². The van der Waals surface area contributed by atoms with E-state index in [2.05, 4.69) is 10.2 Å². The summed E-state index contributed by atoms with van der Waals surface area (Å²) in [4.78, 5) is 29.9. The van der Waals surface area contributed by atoms with Crippen molar-refractivity contribution in [1.29, 1.82) is 0 Å². The highest BCUT2D eigenvalue weighted by Gasteiger charge is 2.41. The Hall–Kier alpha value is -2.93. The van der Waals surface area contributed by atoms with E-state index in [0.717, 1.165) is 48.9 Å². The van der Waals surface area contributed by atoms with Crippen LogP contribution in [0.15, 0.2) is 36.4 Å². The first kappa shape index (κ1) is 24.8. The maximum absolute atomic E-state index is 13.7. The molecular weight excluding hydrogens is 478 g/mol. The second-order valence-corrected chi connectivity index (χ2v) is 10.6. The normalized spacial score (nSPS) is 24.1. The molecular formula is C28H34ClN3O4. The third-order valence-corrected chi connectivity index (χ3v) is 7.82. The van der Waals surface area contributed by atoms with E-state index in [-0.39, 0.29) is 36.2 Å². The minimum atomic E-state index is -0.240. The van der Waals surface area contributed by atoms with Gasteiger partial charge >= 0.3 is 6.03 Å². The van der Waals surface area contributed by atoms with Gasteiger partial charge in [-0.2, -0.15) is 0 Å². The van der Waals surface area contributed by atoms with Crippen LogP contribution in [0.5, 0.6) is 11.5 Å². The third kappa shape index (κ3) is 4.73. The summed E-state index contributed by atoms with van der Waals surface area (Å²) in [6, 6.07) is 11.9. The number of carbonyl (C=O) groups is 2. The van der Waals surface area contributed by atoms with Crippen molar-refractivity contribution in [2.24, 2.45) is 0 Å². The summed E-state index contributed by atoms with van der Waals surface area (Å²) in [5.74, 6) is 1.44. The molecule has 7 nitrogen and oxygen atoms in total. The van der Waals surface area contributed by atoms with Gasteiger partial charge in [0.25, 0.3) is 0 Å². The quantitative estimate of drug-likeness (QED) is 0.596. The summed E-state index contributed by atoms with van der Waals surface area (Å²) in [6.45, 7) is 5.45. The number of nitrogens with zero attached hydrogens (tertiary/aromatic N) is 2. The van der Waals surface area contributed by atoms with Gasteiger partial charge in [-0.1, -0.05) is 23.7 Å². The SMILES string of the molecule is COc1cc2c(cc1OC(C)C)C(c1ccc(Cl)cc1)N([C@H]1CC[C@H](N3CCNC3=O)CC1)C(=O)C2. The number of hydrogen-bond acceptors (Lipinski definition) is 4. The first-order valence-electron chi connectivity index (χ1n) is 12.8. The van der Waals surface area contributed by atoms with Gasteiger partial charge in [0, 0.05) is 30.2 Å². The number of rotatable bonds is 6. The number of urea groups is 1. The van der Waals surface area contributed by atoms with Gasteiger partial charge in [-0.05, 0) is 80.5 Å². The number of benzene rings is 2. The van der Waals surface area contributed by atoms with Gasteiger partial charge < -0.3 is 24.6 Å². The number of methoxy groups -OCH3 is 1. The largest absolute Gasteiger partial charge is 0.493 e. The predicted molar refractivity (Wildman–Crippen MR) is 139 cm³/mol. The van der Waals surface area contributed by atoms with Crippen LogP contribution in [0.2, 0.25) is 5.02 Å². The Labute approximate surface area is 217 Å². The van der Waals surface area contributed by atoms with E-state index in [4.69, 9.17) is 21.1 Å². The molecule has 0 radical (unpaired) electrons. The zero-order valence-electron chi connectivity index (χ0n) is 21.1. The number of carbonyl (C=O) groups excluding carboxylic acids is 2. The fraction of sp³-hybridized carbons (Fsp3) is 0.500. The van der Waals surface area contributed by atoms with Crippen molar-refractivity contribution in [3.8, 4) is 11.5 Å². The van der Waals surface area contributed by atoms with Crippen molar-refractivity contribution < 1.29 is 19.1 Å². The van der Waals surface area contributed by atoms with E-state index < -0.39 is 0 Å². The smallest absolute Gasteiger partial charge is 0.317 e. The zero-order chi connectivity index (χ0) is 25.4. The minimum absolute atomic E-state index is 0.00896. The topological polar surface area (TPSA) is 71.1 Å². The Balaban J connectivity index is 1.50. The summed E-state index contributed by atoms with van der Waals surface area (Å²) >= 11 is 6.22. The Kier molecular flexibility index (Phi) is 7.02. The van der Waals surface area contributed by atoms with E-state index in [0.29, 0.717) is 29.5 Å². The van der Waals surface area contributed by atoms with E-state index >= 15 is 0 Å². The first-order valence-corrected chi connectivity index (χ1v) is 13.2. The monoisotopic (exact) mass is 511 g/mol. The minimum Gasteiger partial charge on any atom is -0.493 e. The van der Waals surface area contributed by atoms with Gasteiger partial charge in [-0.25, -0.2) is 4.79 Å². The van der Waals surface area contributed by atoms with Gasteiger partial charge in [0.1, 0.15) is 0 Å². The van der Waals surface area contributed by atoms with Crippen LogP contribution in [-0.2, 0) is 11.2 Å². The maximum Gasteiger partial charge on any atom is 0.317 e. The molecule has 1 saturated carbocycles. The molecule has 192 valence electrons. The molecule has 36 heavy (non-hydrogen) atoms. The fourth-order valence-electron chi connectivity index (χ4n) is 5.96. The van der Waals surface area contributed by atoms with E-state index in [1.54, 1.807) is 7.11 Å². The number of nitrogens with one attached hydrogen (secondary N) is 1. The van der Waals surface area contributed by atoms with E-state index in [9.17, 15) is 9.59 Å². The van der Waals surface area contributed by atoms with Crippen LogP contribution in [0.3, 0.4) is 0 Å². The molecule has 1 N–H and O–H groups in total. The molecule has 0 aromatic heterocycles. The third-order valence-electron chi connectivity index (χ3n) is 7.57. The van der Waals surface area contributed by atoms with Crippen molar-refractivity contribution >= 4 is 23.5 Å². The maximum atomic E-state index is 13.7. The molecule has 2 fully saturated rings. The summed E-state index contributed by atoms with van der Waals surface area (Å²) in [5, 5.41) is 3.57. The standard InChI is InChI=1S/C28H34ClN3O4/c1-17(2)36-25-16-23-19(14-24(25)35-3)15-26(33)32(27(23)18-4-6-20(29)7-5-18)22-10-8-21(9-11-22)31-13-12-30-28(31)34/h4-7,14,16-17,21-22,27H,8-13,15H2,1-3H3,(H,30,34)/t21-,22-,27?. The molecule has 3 aliphatic rings. The molecule has 2 aromatic rings. The molecule has 0 bridgehead atoms. The van der Waals surface area contributed by atoms with E-state index in [1.165, 1.54) is 0 Å². The van der Waals surface area contributed by atoms with E-state index in [1.807, 2.05) is 55.1 Å². The Morgan fingerprint density at radius 3 is 2.31 bits per heavy atom. The first-order chi connectivity index (χ1) is 17.4. The molecule has 8 heteroatoms. The van der Waals surface area contributed by atoms with Crippen LogP contribution in [0.1, 0.15) is 62.3 Å². The highest BCUT2D eigenvalue weighted by atomic mass is 35.5. The van der Waals surface area contributed by atoms with Gasteiger partial charge in [-0.15, -0.1) is 0 Å². The number of fused-ring (bicyclic) bond motifs is 1. The van der Waals surface area contributed by atoms with Gasteiger partial charge in [0.05, 0.1) is 25.7 Å². The summed E-state index contributed by atoms with van der Waals surface area (Å²) in [6.07, 6.45) is 3.84. The van der Waals surface area contributed by atoms with Crippen molar-refractivity contribution in [3.63, 3.8) is 0 Å². The average Bonchev–Trinajstić information content (AvgIpc) is 3.29. The van der Waals surface area contributed by atoms with Crippen molar-refractivity contribution in [1.82, 2.24) is 15.1 Å². The molecule has 2 aliphatic heterocycles. The van der Waals surface area contributed by atoms with Gasteiger partial charge in [0.2, 0.25) is 5.91 Å². The van der Waals surface area contributed by atoms with Crippen LogP contribution in [0.25, 0.3) is 0 Å². The molecule has 2 aromatic carbocycles. The molecule has 5 rings (SSSR count). The Morgan fingerprint density at radius 1 is 1.00 bits per heavy atom. The van der Waals surface area contributed by atoms with Crippen LogP contribution in [0.4, 0.5) is 4.79 Å². The lowest BCUT2D eigenvalue weighted by molar-refractivity contribution is -0.137. The fourth-order valence-corrected chi connectivity index (χ4v) is 6.09. The second-order valence-electron chi connectivity index (χ2n) is 10.2. The number of halogens is 1. The van der Waals surface area contributed by atoms with Crippen LogP contribution in [-0.4, -0.2) is 60.1 Å². The highest BCUT2D eigenvalue weighted by Crippen LogP contribution is 2.44. The molecule has 2 heterocycles. The summed E-state index contributed by atoms with van der Waals surface area (Å²) in [5.41, 5.74) is 3.05. The molecule has 3 amide bonds. The molecule has 1 atom stereocenters. The van der Waals surface area contributed by atoms with Crippen molar-refractivity contribution in [3.05, 3.63) is 58.1 Å². The lowest BCUT2D eigenvalue weighted by Gasteiger charge is -2.46. The number of hydrogen-bond donors (Lipinski definition) is 1. The second kappa shape index (κ2) is 10.2. The summed E-state index contributed by atoms with van der Waals surface area (Å²) < 4.78 is 11.7.